The minimum Gasteiger partial charge on any atom is -0.294 e. The van der Waals surface area contributed by atoms with E-state index < -0.39 is 0 Å². The quantitative estimate of drug-likeness (QED) is 0.335. The average Bonchev–Trinajstić information content (AvgIpc) is 3.15. The lowest BCUT2D eigenvalue weighted by Gasteiger charge is -2.09. The van der Waals surface area contributed by atoms with Crippen molar-refractivity contribution in [2.24, 2.45) is 0 Å². The molecule has 6 rings (SSSR count). The zero-order valence-corrected chi connectivity index (χ0v) is 18.6. The summed E-state index contributed by atoms with van der Waals surface area (Å²) in [6, 6.07) is 22.6. The first kappa shape index (κ1) is 19.9. The van der Waals surface area contributed by atoms with Gasteiger partial charge in [0.2, 0.25) is 0 Å². The van der Waals surface area contributed by atoms with E-state index in [9.17, 15) is 4.79 Å². The summed E-state index contributed by atoms with van der Waals surface area (Å²) in [5.41, 5.74) is 4.44. The molecule has 8 heteroatoms. The van der Waals surface area contributed by atoms with Crippen molar-refractivity contribution in [2.75, 3.05) is 0 Å². The van der Waals surface area contributed by atoms with Crippen LogP contribution in [0.5, 0.6) is 0 Å². The SMILES string of the molecule is O=c1c2c3nc4ccccc4nc3n(-c3ccc(Cl)c(Cl)c3)c2ncn1Cc1ccccc1. The standard InChI is InChI=1S/C25H15Cl2N5O/c26-17-11-10-16(12-18(17)27)32-23-21(22-24(32)30-20-9-5-4-8-19(20)29-22)25(33)31(14-28-23)13-15-6-2-1-3-7-15/h1-12,14H,13H2. The minimum absolute atomic E-state index is 0.183. The highest BCUT2D eigenvalue weighted by molar-refractivity contribution is 6.42. The summed E-state index contributed by atoms with van der Waals surface area (Å²) in [4.78, 5) is 27.9. The van der Waals surface area contributed by atoms with Crippen molar-refractivity contribution in [1.29, 1.82) is 0 Å². The Bertz CT molecular complexity index is 1740. The molecule has 3 aromatic heterocycles. The monoisotopic (exact) mass is 471 g/mol. The molecule has 0 aliphatic heterocycles. The molecular formula is C25H15Cl2N5O. The molecule has 0 spiro atoms. The number of benzene rings is 3. The zero-order valence-electron chi connectivity index (χ0n) is 17.1. The van der Waals surface area contributed by atoms with Gasteiger partial charge in [-0.25, -0.2) is 15.0 Å². The molecule has 0 unspecified atom stereocenters. The average molecular weight is 472 g/mol. The van der Waals surface area contributed by atoms with Gasteiger partial charge in [0.15, 0.2) is 11.3 Å². The van der Waals surface area contributed by atoms with Gasteiger partial charge in [0.1, 0.15) is 17.2 Å². The van der Waals surface area contributed by atoms with E-state index in [-0.39, 0.29) is 5.56 Å². The van der Waals surface area contributed by atoms with Gasteiger partial charge in [0, 0.05) is 0 Å². The number of hydrogen-bond acceptors (Lipinski definition) is 4. The fourth-order valence-electron chi connectivity index (χ4n) is 4.03. The van der Waals surface area contributed by atoms with Crippen molar-refractivity contribution >= 4 is 56.4 Å². The fraction of sp³-hybridized carbons (Fsp3) is 0.0400. The Morgan fingerprint density at radius 3 is 2.27 bits per heavy atom. The van der Waals surface area contributed by atoms with Gasteiger partial charge >= 0.3 is 0 Å². The van der Waals surface area contributed by atoms with E-state index in [1.165, 1.54) is 0 Å². The largest absolute Gasteiger partial charge is 0.294 e. The van der Waals surface area contributed by atoms with Crippen LogP contribution in [-0.4, -0.2) is 24.1 Å². The Kier molecular flexibility index (Phi) is 4.64. The summed E-state index contributed by atoms with van der Waals surface area (Å²) in [6.45, 7) is 0.406. The van der Waals surface area contributed by atoms with Crippen LogP contribution in [0.25, 0.3) is 38.9 Å². The number of halogens is 2. The van der Waals surface area contributed by atoms with Crippen LogP contribution in [0.15, 0.2) is 83.9 Å². The van der Waals surface area contributed by atoms with Gasteiger partial charge in [-0.05, 0) is 35.9 Å². The van der Waals surface area contributed by atoms with Crippen LogP contribution in [0.1, 0.15) is 5.56 Å². The Morgan fingerprint density at radius 2 is 1.52 bits per heavy atom. The van der Waals surface area contributed by atoms with Gasteiger partial charge in [-0.1, -0.05) is 65.7 Å². The molecular weight excluding hydrogens is 457 g/mol. The van der Waals surface area contributed by atoms with Gasteiger partial charge in [-0.2, -0.15) is 0 Å². The highest BCUT2D eigenvalue weighted by Crippen LogP contribution is 2.31. The molecule has 0 atom stereocenters. The lowest BCUT2D eigenvalue weighted by molar-refractivity contribution is 0.747. The van der Waals surface area contributed by atoms with Crippen LogP contribution in [-0.2, 0) is 6.54 Å². The second-order valence-electron chi connectivity index (χ2n) is 7.68. The smallest absolute Gasteiger partial charge is 0.265 e. The number of rotatable bonds is 3. The maximum absolute atomic E-state index is 13.6. The Labute approximate surface area is 197 Å². The van der Waals surface area contributed by atoms with E-state index >= 15 is 0 Å². The molecule has 0 aliphatic carbocycles. The third-order valence-electron chi connectivity index (χ3n) is 5.59. The number of hydrogen-bond donors (Lipinski definition) is 0. The normalized spacial score (nSPS) is 11.6. The summed E-state index contributed by atoms with van der Waals surface area (Å²) in [7, 11) is 0. The molecule has 0 aliphatic rings. The van der Waals surface area contributed by atoms with Crippen molar-refractivity contribution in [3.05, 3.63) is 105 Å². The topological polar surface area (TPSA) is 65.6 Å². The van der Waals surface area contributed by atoms with Crippen molar-refractivity contribution in [2.45, 2.75) is 6.54 Å². The first-order valence-corrected chi connectivity index (χ1v) is 11.0. The van der Waals surface area contributed by atoms with Crippen LogP contribution in [0.3, 0.4) is 0 Å². The molecule has 3 heterocycles. The lowest BCUT2D eigenvalue weighted by Crippen LogP contribution is -2.21. The lowest BCUT2D eigenvalue weighted by atomic mass is 10.2. The number of para-hydroxylation sites is 2. The zero-order chi connectivity index (χ0) is 22.5. The van der Waals surface area contributed by atoms with Crippen molar-refractivity contribution in [3.8, 4) is 5.69 Å². The molecule has 0 saturated carbocycles. The van der Waals surface area contributed by atoms with Crippen LogP contribution in [0.4, 0.5) is 0 Å². The highest BCUT2D eigenvalue weighted by atomic mass is 35.5. The number of aromatic nitrogens is 5. The van der Waals surface area contributed by atoms with E-state index in [4.69, 9.17) is 33.2 Å². The van der Waals surface area contributed by atoms with Gasteiger partial charge in [0.05, 0.1) is 33.3 Å². The summed E-state index contributed by atoms with van der Waals surface area (Å²) in [6.07, 6.45) is 1.56. The molecule has 0 fully saturated rings. The van der Waals surface area contributed by atoms with Gasteiger partial charge < -0.3 is 0 Å². The maximum atomic E-state index is 13.6. The number of fused-ring (bicyclic) bond motifs is 4. The van der Waals surface area contributed by atoms with Crippen LogP contribution >= 0.6 is 23.2 Å². The third-order valence-corrected chi connectivity index (χ3v) is 6.33. The Balaban J connectivity index is 1.70. The molecule has 0 radical (unpaired) electrons. The van der Waals surface area contributed by atoms with E-state index in [0.717, 1.165) is 11.1 Å². The third kappa shape index (κ3) is 3.26. The van der Waals surface area contributed by atoms with E-state index in [1.54, 1.807) is 27.6 Å². The molecule has 0 N–H and O–H groups in total. The molecule has 3 aromatic carbocycles. The van der Waals surface area contributed by atoms with Crippen molar-refractivity contribution < 1.29 is 0 Å². The summed E-state index contributed by atoms with van der Waals surface area (Å²) in [5, 5.41) is 1.25. The maximum Gasteiger partial charge on any atom is 0.265 e. The minimum atomic E-state index is -0.183. The van der Waals surface area contributed by atoms with Gasteiger partial charge in [-0.15, -0.1) is 0 Å². The summed E-state index contributed by atoms with van der Waals surface area (Å²) < 4.78 is 3.40. The molecule has 160 valence electrons. The second-order valence-corrected chi connectivity index (χ2v) is 8.49. The summed E-state index contributed by atoms with van der Waals surface area (Å²) >= 11 is 12.4. The number of nitrogens with zero attached hydrogens (tertiary/aromatic N) is 5. The first-order valence-electron chi connectivity index (χ1n) is 10.3. The first-order chi connectivity index (χ1) is 16.1. The predicted molar refractivity (Wildman–Crippen MR) is 131 cm³/mol. The second kappa shape index (κ2) is 7.69. The molecule has 6 aromatic rings. The van der Waals surface area contributed by atoms with Gasteiger partial charge in [0.25, 0.3) is 5.56 Å². The van der Waals surface area contributed by atoms with Crippen LogP contribution in [0.2, 0.25) is 10.0 Å². The Hall–Kier alpha value is -3.74. The van der Waals surface area contributed by atoms with E-state index in [0.29, 0.717) is 50.0 Å². The molecule has 33 heavy (non-hydrogen) atoms. The fourth-order valence-corrected chi connectivity index (χ4v) is 4.33. The van der Waals surface area contributed by atoms with Crippen molar-refractivity contribution in [3.63, 3.8) is 0 Å². The molecule has 0 bridgehead atoms. The van der Waals surface area contributed by atoms with E-state index in [2.05, 4.69) is 4.98 Å². The molecule has 0 amide bonds. The predicted octanol–water partition coefficient (Wildman–Crippen LogP) is 5.64. The summed E-state index contributed by atoms with van der Waals surface area (Å²) in [5.74, 6) is 0. The van der Waals surface area contributed by atoms with Crippen LogP contribution in [0, 0.1) is 0 Å². The van der Waals surface area contributed by atoms with Crippen LogP contribution < -0.4 is 5.56 Å². The highest BCUT2D eigenvalue weighted by Gasteiger charge is 2.21. The van der Waals surface area contributed by atoms with Crippen molar-refractivity contribution in [1.82, 2.24) is 24.1 Å². The molecule has 0 saturated heterocycles. The van der Waals surface area contributed by atoms with Gasteiger partial charge in [-0.3, -0.25) is 13.9 Å². The van der Waals surface area contributed by atoms with E-state index in [1.807, 2.05) is 60.7 Å². The Morgan fingerprint density at radius 1 is 0.788 bits per heavy atom. The molecule has 6 nitrogen and oxygen atoms in total.